The van der Waals surface area contributed by atoms with E-state index in [9.17, 15) is 4.79 Å². The Balaban J connectivity index is 1.11. The van der Waals surface area contributed by atoms with Crippen LogP contribution in [-0.2, 0) is 0 Å². The number of benzene rings is 2. The monoisotopic (exact) mass is 492 g/mol. The fraction of sp³-hybridized carbons (Fsp3) is 0.308. The first-order valence-corrected chi connectivity index (χ1v) is 13.3. The van der Waals surface area contributed by atoms with Gasteiger partial charge in [0.05, 0.1) is 12.5 Å². The normalized spacial score (nSPS) is 14.6. The minimum atomic E-state index is -0.0550. The number of aromatic amines is 1. The Morgan fingerprint density at radius 1 is 1.06 bits per heavy atom. The second kappa shape index (κ2) is 10.6. The summed E-state index contributed by atoms with van der Waals surface area (Å²) in [6.45, 7) is 5.26. The summed E-state index contributed by atoms with van der Waals surface area (Å²) in [4.78, 5) is 27.1. The van der Waals surface area contributed by atoms with Crippen molar-refractivity contribution in [3.63, 3.8) is 0 Å². The molecule has 4 aromatic rings. The lowest BCUT2D eigenvalue weighted by Crippen LogP contribution is -2.46. The molecule has 0 aliphatic carbocycles. The van der Waals surface area contributed by atoms with Gasteiger partial charge in [0.25, 0.3) is 5.56 Å². The number of nitrogens with zero attached hydrogens (tertiary/aromatic N) is 3. The molecule has 0 atom stereocenters. The topological polar surface area (TPSA) is 61.5 Å². The van der Waals surface area contributed by atoms with Crippen LogP contribution in [0.25, 0.3) is 20.7 Å². The Labute approximate surface area is 207 Å². The zero-order valence-electron chi connectivity index (χ0n) is 19.2. The molecule has 176 valence electrons. The lowest BCUT2D eigenvalue weighted by atomic mass is 10.2. The van der Waals surface area contributed by atoms with Crippen LogP contribution in [0.3, 0.4) is 0 Å². The zero-order chi connectivity index (χ0) is 23.3. The number of H-pyrrole nitrogens is 1. The molecule has 0 unspecified atom stereocenters. The molecule has 1 aliphatic heterocycles. The third-order valence-electron chi connectivity index (χ3n) is 6.11. The van der Waals surface area contributed by atoms with Crippen LogP contribution in [0.15, 0.2) is 70.6 Å². The van der Waals surface area contributed by atoms with Crippen LogP contribution in [-0.4, -0.2) is 60.5 Å². The van der Waals surface area contributed by atoms with E-state index in [2.05, 4.69) is 39.0 Å². The van der Waals surface area contributed by atoms with E-state index in [-0.39, 0.29) is 5.56 Å². The van der Waals surface area contributed by atoms with Crippen LogP contribution >= 0.6 is 23.1 Å². The summed E-state index contributed by atoms with van der Waals surface area (Å²) in [6.07, 6.45) is 1.06. The molecular weight excluding hydrogens is 464 g/mol. The number of hydrogen-bond donors (Lipinski definition) is 1. The molecule has 6 nitrogen and oxygen atoms in total. The molecule has 1 saturated heterocycles. The summed E-state index contributed by atoms with van der Waals surface area (Å²) in [5.74, 6) is 1.83. The predicted octanol–water partition coefficient (Wildman–Crippen LogP) is 4.96. The predicted molar refractivity (Wildman–Crippen MR) is 143 cm³/mol. The van der Waals surface area contributed by atoms with E-state index in [1.165, 1.54) is 5.69 Å². The summed E-state index contributed by atoms with van der Waals surface area (Å²) in [5, 5.41) is 1.38. The number of anilines is 1. The van der Waals surface area contributed by atoms with Gasteiger partial charge >= 0.3 is 0 Å². The SMILES string of the molecule is COc1ccc(N2CCN(CCCSc3nc4sc(-c5ccccc5)cc4c(=O)[nH]3)CC2)cc1. The number of aromatic nitrogens is 2. The minimum Gasteiger partial charge on any atom is -0.497 e. The van der Waals surface area contributed by atoms with Crippen molar-refractivity contribution in [1.29, 1.82) is 0 Å². The molecule has 2 aromatic heterocycles. The van der Waals surface area contributed by atoms with E-state index in [1.54, 1.807) is 30.2 Å². The van der Waals surface area contributed by atoms with Gasteiger partial charge in [0.1, 0.15) is 10.6 Å². The third-order valence-corrected chi connectivity index (χ3v) is 8.14. The van der Waals surface area contributed by atoms with E-state index in [4.69, 9.17) is 9.72 Å². The standard InChI is InChI=1S/C26H28N4O2S2/c1-32-21-10-8-20(9-11-21)30-15-13-29(14-16-30)12-5-17-33-26-27-24(31)22-18-23(34-25(22)28-26)19-6-3-2-4-7-19/h2-4,6-11,18H,5,12-17H2,1H3,(H,27,28,31). The number of thioether (sulfide) groups is 1. The number of methoxy groups -OCH3 is 1. The molecule has 0 spiro atoms. The molecule has 1 fully saturated rings. The number of rotatable bonds is 8. The second-order valence-corrected chi connectivity index (χ2v) is 10.4. The van der Waals surface area contributed by atoms with Crippen LogP contribution in [0.2, 0.25) is 0 Å². The Hall–Kier alpha value is -2.81. The molecule has 0 bridgehead atoms. The molecule has 0 saturated carbocycles. The second-order valence-electron chi connectivity index (χ2n) is 8.30. The summed E-state index contributed by atoms with van der Waals surface area (Å²) < 4.78 is 5.26. The van der Waals surface area contributed by atoms with E-state index >= 15 is 0 Å². The smallest absolute Gasteiger partial charge is 0.260 e. The minimum absolute atomic E-state index is 0.0550. The number of nitrogens with one attached hydrogen (secondary N) is 1. The van der Waals surface area contributed by atoms with Crippen molar-refractivity contribution in [2.45, 2.75) is 11.6 Å². The maximum Gasteiger partial charge on any atom is 0.260 e. The van der Waals surface area contributed by atoms with Gasteiger partial charge in [-0.15, -0.1) is 11.3 Å². The van der Waals surface area contributed by atoms with Crippen molar-refractivity contribution in [2.24, 2.45) is 0 Å². The summed E-state index contributed by atoms with van der Waals surface area (Å²) in [5.41, 5.74) is 2.32. The molecular formula is C26H28N4O2S2. The molecule has 5 rings (SSSR count). The number of hydrogen-bond acceptors (Lipinski definition) is 7. The summed E-state index contributed by atoms with van der Waals surface area (Å²) in [6, 6.07) is 20.4. The molecule has 34 heavy (non-hydrogen) atoms. The van der Waals surface area contributed by atoms with Crippen LogP contribution in [0, 0.1) is 0 Å². The van der Waals surface area contributed by atoms with Crippen molar-refractivity contribution in [2.75, 3.05) is 50.5 Å². The van der Waals surface area contributed by atoms with Crippen molar-refractivity contribution in [1.82, 2.24) is 14.9 Å². The Kier molecular flexibility index (Phi) is 7.18. The first kappa shape index (κ1) is 23.0. The van der Waals surface area contributed by atoms with Crippen molar-refractivity contribution in [3.05, 3.63) is 71.0 Å². The van der Waals surface area contributed by atoms with Gasteiger partial charge in [-0.1, -0.05) is 42.1 Å². The third kappa shape index (κ3) is 5.29. The van der Waals surface area contributed by atoms with Gasteiger partial charge in [0.15, 0.2) is 5.16 Å². The maximum absolute atomic E-state index is 12.6. The average molecular weight is 493 g/mol. The number of piperazine rings is 1. The summed E-state index contributed by atoms with van der Waals surface area (Å²) >= 11 is 3.21. The molecule has 1 N–H and O–H groups in total. The van der Waals surface area contributed by atoms with Crippen LogP contribution in [0.4, 0.5) is 5.69 Å². The quantitative estimate of drug-likeness (QED) is 0.213. The van der Waals surface area contributed by atoms with Crippen molar-refractivity contribution < 1.29 is 4.74 Å². The molecule has 1 aliphatic rings. The average Bonchev–Trinajstić information content (AvgIpc) is 3.33. The maximum atomic E-state index is 12.6. The summed E-state index contributed by atoms with van der Waals surface area (Å²) in [7, 11) is 1.70. The van der Waals surface area contributed by atoms with Crippen molar-refractivity contribution >= 4 is 39.0 Å². The van der Waals surface area contributed by atoms with Gasteiger partial charge in [-0.05, 0) is 48.9 Å². The van der Waals surface area contributed by atoms with Gasteiger partial charge in [0.2, 0.25) is 0 Å². The highest BCUT2D eigenvalue weighted by Gasteiger charge is 2.17. The fourth-order valence-corrected chi connectivity index (χ4v) is 6.09. The van der Waals surface area contributed by atoms with Crippen LogP contribution in [0.1, 0.15) is 6.42 Å². The highest BCUT2D eigenvalue weighted by molar-refractivity contribution is 7.99. The first-order chi connectivity index (χ1) is 16.7. The van der Waals surface area contributed by atoms with Crippen LogP contribution < -0.4 is 15.2 Å². The van der Waals surface area contributed by atoms with Gasteiger partial charge in [0, 0.05) is 42.5 Å². The highest BCUT2D eigenvalue weighted by atomic mass is 32.2. The van der Waals surface area contributed by atoms with Gasteiger partial charge in [-0.2, -0.15) is 0 Å². The van der Waals surface area contributed by atoms with E-state index in [0.29, 0.717) is 10.5 Å². The number of ether oxygens (including phenoxy) is 1. The van der Waals surface area contributed by atoms with E-state index in [0.717, 1.165) is 65.9 Å². The Morgan fingerprint density at radius 3 is 2.56 bits per heavy atom. The molecule has 0 radical (unpaired) electrons. The fourth-order valence-electron chi connectivity index (χ4n) is 4.20. The lowest BCUT2D eigenvalue weighted by Gasteiger charge is -2.36. The van der Waals surface area contributed by atoms with Gasteiger partial charge < -0.3 is 14.6 Å². The zero-order valence-corrected chi connectivity index (χ0v) is 20.8. The lowest BCUT2D eigenvalue weighted by molar-refractivity contribution is 0.259. The van der Waals surface area contributed by atoms with E-state index < -0.39 is 0 Å². The van der Waals surface area contributed by atoms with Gasteiger partial charge in [-0.25, -0.2) is 4.98 Å². The molecule has 0 amide bonds. The van der Waals surface area contributed by atoms with Gasteiger partial charge in [-0.3, -0.25) is 9.69 Å². The molecule has 8 heteroatoms. The molecule has 3 heterocycles. The first-order valence-electron chi connectivity index (χ1n) is 11.5. The molecule has 2 aromatic carbocycles. The Bertz CT molecular complexity index is 1280. The largest absolute Gasteiger partial charge is 0.497 e. The Morgan fingerprint density at radius 2 is 1.82 bits per heavy atom. The number of fused-ring (bicyclic) bond motifs is 1. The van der Waals surface area contributed by atoms with Crippen LogP contribution in [0.5, 0.6) is 5.75 Å². The highest BCUT2D eigenvalue weighted by Crippen LogP contribution is 2.31. The number of thiophene rings is 1. The van der Waals surface area contributed by atoms with Crippen molar-refractivity contribution in [3.8, 4) is 16.2 Å². The van der Waals surface area contributed by atoms with E-state index in [1.807, 2.05) is 36.4 Å².